The highest BCUT2D eigenvalue weighted by atomic mass is 35.5. The number of halogens is 1. The molecule has 0 saturated carbocycles. The lowest BCUT2D eigenvalue weighted by Gasteiger charge is -2.32. The Balaban J connectivity index is 1.93. The molecule has 2 rings (SSSR count). The first-order chi connectivity index (χ1) is 9.60. The van der Waals surface area contributed by atoms with E-state index in [0.29, 0.717) is 19.7 Å². The summed E-state index contributed by atoms with van der Waals surface area (Å²) in [7, 11) is 0. The van der Waals surface area contributed by atoms with E-state index in [1.54, 1.807) is 11.8 Å². The molecule has 1 aliphatic rings. The number of carbonyl (C=O) groups is 2. The maximum Gasteiger partial charge on any atom is 0.407 e. The third kappa shape index (κ3) is 3.80. The monoisotopic (exact) mass is 318 g/mol. The molecule has 2 amide bonds. The van der Waals surface area contributed by atoms with Crippen LogP contribution in [0, 0.1) is 0 Å². The number of hydrogen-bond acceptors (Lipinski definition) is 6. The lowest BCUT2D eigenvalue weighted by molar-refractivity contribution is 0.0685. The summed E-state index contributed by atoms with van der Waals surface area (Å²) in [5, 5.41) is 10.4. The van der Waals surface area contributed by atoms with Gasteiger partial charge in [0.05, 0.1) is 6.61 Å². The summed E-state index contributed by atoms with van der Waals surface area (Å²) in [6.07, 6.45) is 1.18. The van der Waals surface area contributed by atoms with Gasteiger partial charge in [0, 0.05) is 19.1 Å². The van der Waals surface area contributed by atoms with Gasteiger partial charge in [0.25, 0.3) is 5.91 Å². The number of amides is 2. The molecule has 0 spiro atoms. The highest BCUT2D eigenvalue weighted by molar-refractivity contribution is 7.17. The molecule has 0 bridgehead atoms. The van der Waals surface area contributed by atoms with Crippen LogP contribution in [-0.4, -0.2) is 52.8 Å². The lowest BCUT2D eigenvalue weighted by atomic mass is 10.1. The molecule has 0 radical (unpaired) electrons. The summed E-state index contributed by atoms with van der Waals surface area (Å²) in [4.78, 5) is 25.2. The molecule has 1 saturated heterocycles. The number of piperidine rings is 1. The van der Waals surface area contributed by atoms with Crippen LogP contribution in [0.15, 0.2) is 0 Å². The Labute approximate surface area is 125 Å². The van der Waals surface area contributed by atoms with Gasteiger partial charge >= 0.3 is 6.09 Å². The summed E-state index contributed by atoms with van der Waals surface area (Å²) in [6, 6.07) is -0.102. The van der Waals surface area contributed by atoms with Crippen molar-refractivity contribution in [1.29, 1.82) is 0 Å². The fourth-order valence-corrected chi connectivity index (χ4v) is 2.84. The zero-order chi connectivity index (χ0) is 14.5. The predicted octanol–water partition coefficient (Wildman–Crippen LogP) is 1.54. The molecule has 110 valence electrons. The second kappa shape index (κ2) is 6.85. The Morgan fingerprint density at radius 3 is 3.00 bits per heavy atom. The first-order valence-electron chi connectivity index (χ1n) is 6.31. The zero-order valence-electron chi connectivity index (χ0n) is 11.0. The van der Waals surface area contributed by atoms with Crippen LogP contribution in [0.2, 0.25) is 4.47 Å². The molecule has 1 fully saturated rings. The van der Waals surface area contributed by atoms with Crippen molar-refractivity contribution in [3.63, 3.8) is 0 Å². The van der Waals surface area contributed by atoms with Crippen LogP contribution < -0.4 is 5.32 Å². The van der Waals surface area contributed by atoms with Gasteiger partial charge in [-0.3, -0.25) is 4.79 Å². The van der Waals surface area contributed by atoms with Gasteiger partial charge in [0.2, 0.25) is 9.47 Å². The molecular weight excluding hydrogens is 304 g/mol. The maximum atomic E-state index is 12.2. The fourth-order valence-electron chi connectivity index (χ4n) is 2.05. The van der Waals surface area contributed by atoms with Crippen LogP contribution in [0.1, 0.15) is 29.6 Å². The number of ether oxygens (including phenoxy) is 1. The second-order valence-electron chi connectivity index (χ2n) is 4.32. The molecule has 0 aromatic carbocycles. The van der Waals surface area contributed by atoms with E-state index in [9.17, 15) is 9.59 Å². The molecule has 1 aliphatic heterocycles. The molecule has 1 unspecified atom stereocenters. The van der Waals surface area contributed by atoms with Gasteiger partial charge in [0.1, 0.15) is 0 Å². The number of alkyl carbamates (subject to hydrolysis) is 1. The van der Waals surface area contributed by atoms with E-state index in [1.807, 2.05) is 0 Å². The fraction of sp³-hybridized carbons (Fsp3) is 0.636. The van der Waals surface area contributed by atoms with E-state index in [-0.39, 0.29) is 21.4 Å². The summed E-state index contributed by atoms with van der Waals surface area (Å²) >= 11 is 6.73. The van der Waals surface area contributed by atoms with Crippen molar-refractivity contribution in [3.8, 4) is 0 Å². The molecule has 2 heterocycles. The summed E-state index contributed by atoms with van der Waals surface area (Å²) in [5.74, 6) is -0.204. The highest BCUT2D eigenvalue weighted by Crippen LogP contribution is 2.19. The summed E-state index contributed by atoms with van der Waals surface area (Å²) in [6.45, 7) is 3.14. The topological polar surface area (TPSA) is 84.4 Å². The van der Waals surface area contributed by atoms with Crippen molar-refractivity contribution in [1.82, 2.24) is 20.4 Å². The van der Waals surface area contributed by atoms with Crippen molar-refractivity contribution in [2.24, 2.45) is 0 Å². The Bertz CT molecular complexity index is 496. The number of nitrogens with one attached hydrogen (secondary N) is 1. The molecule has 9 heteroatoms. The van der Waals surface area contributed by atoms with Crippen LogP contribution in [0.5, 0.6) is 0 Å². The van der Waals surface area contributed by atoms with Crippen LogP contribution in [0.3, 0.4) is 0 Å². The SMILES string of the molecule is CCOC(=O)NC1CCCN(C(=O)c2nnc(Cl)s2)C1. The van der Waals surface area contributed by atoms with Crippen molar-refractivity contribution in [2.45, 2.75) is 25.8 Å². The van der Waals surface area contributed by atoms with Gasteiger partial charge < -0.3 is 15.0 Å². The van der Waals surface area contributed by atoms with Crippen molar-refractivity contribution >= 4 is 34.9 Å². The van der Waals surface area contributed by atoms with Gasteiger partial charge in [-0.1, -0.05) is 11.3 Å². The average molecular weight is 319 g/mol. The Kier molecular flexibility index (Phi) is 5.13. The minimum Gasteiger partial charge on any atom is -0.450 e. The number of hydrogen-bond donors (Lipinski definition) is 1. The molecule has 20 heavy (non-hydrogen) atoms. The van der Waals surface area contributed by atoms with E-state index < -0.39 is 6.09 Å². The van der Waals surface area contributed by atoms with Crippen LogP contribution in [-0.2, 0) is 4.74 Å². The van der Waals surface area contributed by atoms with Crippen molar-refractivity contribution < 1.29 is 14.3 Å². The van der Waals surface area contributed by atoms with Crippen LogP contribution >= 0.6 is 22.9 Å². The lowest BCUT2D eigenvalue weighted by Crippen LogP contribution is -2.49. The molecule has 1 atom stereocenters. The quantitative estimate of drug-likeness (QED) is 0.914. The van der Waals surface area contributed by atoms with Gasteiger partial charge in [-0.25, -0.2) is 4.79 Å². The largest absolute Gasteiger partial charge is 0.450 e. The summed E-state index contributed by atoms with van der Waals surface area (Å²) < 4.78 is 5.08. The average Bonchev–Trinajstić information content (AvgIpc) is 2.85. The number of rotatable bonds is 3. The van der Waals surface area contributed by atoms with Crippen LogP contribution in [0.25, 0.3) is 0 Å². The number of aromatic nitrogens is 2. The third-order valence-electron chi connectivity index (χ3n) is 2.89. The molecule has 7 nitrogen and oxygen atoms in total. The van der Waals surface area contributed by atoms with Crippen LogP contribution in [0.4, 0.5) is 4.79 Å². The molecule has 0 aliphatic carbocycles. The van der Waals surface area contributed by atoms with E-state index in [0.717, 1.165) is 24.2 Å². The first-order valence-corrected chi connectivity index (χ1v) is 7.51. The summed E-state index contributed by atoms with van der Waals surface area (Å²) in [5.41, 5.74) is 0. The third-order valence-corrected chi connectivity index (χ3v) is 3.90. The number of nitrogens with zero attached hydrogens (tertiary/aromatic N) is 3. The normalized spacial score (nSPS) is 18.7. The smallest absolute Gasteiger partial charge is 0.407 e. The minimum atomic E-state index is -0.453. The van der Waals surface area contributed by atoms with Gasteiger partial charge in [-0.05, 0) is 31.4 Å². The Morgan fingerprint density at radius 1 is 1.55 bits per heavy atom. The number of carbonyl (C=O) groups excluding carboxylic acids is 2. The molecule has 1 N–H and O–H groups in total. The van der Waals surface area contributed by atoms with Gasteiger partial charge in [-0.15, -0.1) is 10.2 Å². The molecule has 1 aromatic heterocycles. The Hall–Kier alpha value is -1.41. The van der Waals surface area contributed by atoms with E-state index >= 15 is 0 Å². The van der Waals surface area contributed by atoms with E-state index in [4.69, 9.17) is 16.3 Å². The van der Waals surface area contributed by atoms with Gasteiger partial charge in [-0.2, -0.15) is 0 Å². The second-order valence-corrected chi connectivity index (χ2v) is 5.87. The van der Waals surface area contributed by atoms with E-state index in [1.165, 1.54) is 0 Å². The minimum absolute atomic E-state index is 0.102. The first kappa shape index (κ1) is 15.0. The zero-order valence-corrected chi connectivity index (χ0v) is 12.5. The highest BCUT2D eigenvalue weighted by Gasteiger charge is 2.27. The molecular formula is C11H15ClN4O3S. The van der Waals surface area contributed by atoms with Gasteiger partial charge in [0.15, 0.2) is 0 Å². The standard InChI is InChI=1S/C11H15ClN4O3S/c1-2-19-11(18)13-7-4-3-5-16(6-7)9(17)8-14-15-10(12)20-8/h7H,2-6H2,1H3,(H,13,18). The molecule has 1 aromatic rings. The number of likely N-dealkylation sites (tertiary alicyclic amines) is 1. The maximum absolute atomic E-state index is 12.2. The Morgan fingerprint density at radius 2 is 2.35 bits per heavy atom. The van der Waals surface area contributed by atoms with E-state index in [2.05, 4.69) is 15.5 Å². The van der Waals surface area contributed by atoms with Crippen molar-refractivity contribution in [3.05, 3.63) is 9.47 Å². The van der Waals surface area contributed by atoms with Crippen molar-refractivity contribution in [2.75, 3.05) is 19.7 Å². The predicted molar refractivity (Wildman–Crippen MR) is 74.0 cm³/mol.